The molecule has 2 heteroatoms. The molecular weight excluding hydrogens is 138 g/mol. The monoisotopic (exact) mass is 155 g/mol. The fraction of sp³-hybridized carbons (Fsp3) is 0.778. The lowest BCUT2D eigenvalue weighted by Gasteiger charge is -2.18. The van der Waals surface area contributed by atoms with Crippen LogP contribution >= 0.6 is 0 Å². The standard InChI is InChI=1S/C9H17NO/c1-4-6-7-8(10)9(5-2)11-3/h8-9H,5,7,10H2,1-3H3. The quantitative estimate of drug-likeness (QED) is 0.618. The van der Waals surface area contributed by atoms with Gasteiger partial charge in [-0.1, -0.05) is 6.92 Å². The summed E-state index contributed by atoms with van der Waals surface area (Å²) in [5.41, 5.74) is 5.80. The predicted octanol–water partition coefficient (Wildman–Crippen LogP) is 1.15. The molecule has 2 nitrogen and oxygen atoms in total. The molecule has 0 amide bonds. The third-order valence-corrected chi connectivity index (χ3v) is 1.70. The summed E-state index contributed by atoms with van der Waals surface area (Å²) in [4.78, 5) is 0. The Balaban J connectivity index is 3.74. The van der Waals surface area contributed by atoms with Crippen LogP contribution in [-0.2, 0) is 4.74 Å². The average molecular weight is 155 g/mol. The summed E-state index contributed by atoms with van der Waals surface area (Å²) in [7, 11) is 1.69. The van der Waals surface area contributed by atoms with Gasteiger partial charge in [0.05, 0.1) is 6.10 Å². The molecule has 0 aliphatic heterocycles. The summed E-state index contributed by atoms with van der Waals surface area (Å²) in [5.74, 6) is 5.76. The molecule has 0 aliphatic carbocycles. The smallest absolute Gasteiger partial charge is 0.0728 e. The first-order chi connectivity index (χ1) is 5.26. The Bertz CT molecular complexity index is 141. The number of methoxy groups -OCH3 is 1. The van der Waals surface area contributed by atoms with E-state index in [1.165, 1.54) is 0 Å². The summed E-state index contributed by atoms with van der Waals surface area (Å²) in [6.45, 7) is 3.88. The number of ether oxygens (including phenoxy) is 1. The van der Waals surface area contributed by atoms with Gasteiger partial charge < -0.3 is 10.5 Å². The lowest BCUT2D eigenvalue weighted by molar-refractivity contribution is 0.0786. The highest BCUT2D eigenvalue weighted by atomic mass is 16.5. The summed E-state index contributed by atoms with van der Waals surface area (Å²) < 4.78 is 5.17. The van der Waals surface area contributed by atoms with E-state index in [1.807, 2.05) is 6.92 Å². The Labute approximate surface area is 69.1 Å². The maximum absolute atomic E-state index is 5.80. The first kappa shape index (κ1) is 10.5. The van der Waals surface area contributed by atoms with E-state index in [9.17, 15) is 0 Å². The minimum absolute atomic E-state index is 0.0532. The van der Waals surface area contributed by atoms with E-state index >= 15 is 0 Å². The molecule has 11 heavy (non-hydrogen) atoms. The van der Waals surface area contributed by atoms with Gasteiger partial charge in [0.25, 0.3) is 0 Å². The zero-order valence-electron chi connectivity index (χ0n) is 7.55. The number of hydrogen-bond donors (Lipinski definition) is 1. The molecule has 0 spiro atoms. The normalized spacial score (nSPS) is 14.9. The van der Waals surface area contributed by atoms with Gasteiger partial charge >= 0.3 is 0 Å². The van der Waals surface area contributed by atoms with Crippen LogP contribution in [0.1, 0.15) is 26.7 Å². The van der Waals surface area contributed by atoms with E-state index in [0.717, 1.165) is 12.8 Å². The largest absolute Gasteiger partial charge is 0.380 e. The van der Waals surface area contributed by atoms with Crippen LogP contribution in [0.5, 0.6) is 0 Å². The molecule has 0 rings (SSSR count). The zero-order valence-corrected chi connectivity index (χ0v) is 7.55. The molecule has 0 aromatic carbocycles. The third kappa shape index (κ3) is 4.02. The molecule has 0 aliphatic rings. The summed E-state index contributed by atoms with van der Waals surface area (Å²) >= 11 is 0. The second-order valence-electron chi connectivity index (χ2n) is 2.48. The predicted molar refractivity (Wildman–Crippen MR) is 47.1 cm³/mol. The van der Waals surface area contributed by atoms with Crippen molar-refractivity contribution in [3.05, 3.63) is 0 Å². The van der Waals surface area contributed by atoms with Gasteiger partial charge in [0.15, 0.2) is 0 Å². The third-order valence-electron chi connectivity index (χ3n) is 1.70. The molecule has 0 aromatic heterocycles. The van der Waals surface area contributed by atoms with Gasteiger partial charge in [-0.2, -0.15) is 0 Å². The van der Waals surface area contributed by atoms with Gasteiger partial charge in [0, 0.05) is 19.6 Å². The van der Waals surface area contributed by atoms with Crippen molar-refractivity contribution in [3.8, 4) is 11.8 Å². The molecule has 0 radical (unpaired) electrons. The maximum Gasteiger partial charge on any atom is 0.0728 e. The molecule has 2 atom stereocenters. The number of hydrogen-bond acceptors (Lipinski definition) is 2. The first-order valence-corrected chi connectivity index (χ1v) is 3.94. The lowest BCUT2D eigenvalue weighted by atomic mass is 10.1. The van der Waals surface area contributed by atoms with E-state index in [-0.39, 0.29) is 12.1 Å². The Morgan fingerprint density at radius 3 is 2.55 bits per heavy atom. The van der Waals surface area contributed by atoms with Crippen molar-refractivity contribution in [3.63, 3.8) is 0 Å². The Morgan fingerprint density at radius 2 is 2.18 bits per heavy atom. The minimum atomic E-state index is 0.0532. The second-order valence-corrected chi connectivity index (χ2v) is 2.48. The summed E-state index contributed by atoms with van der Waals surface area (Å²) in [6, 6.07) is 0.0532. The first-order valence-electron chi connectivity index (χ1n) is 3.94. The fourth-order valence-electron chi connectivity index (χ4n) is 0.996. The number of rotatable bonds is 4. The van der Waals surface area contributed by atoms with E-state index in [4.69, 9.17) is 10.5 Å². The van der Waals surface area contributed by atoms with Crippen molar-refractivity contribution >= 4 is 0 Å². The van der Waals surface area contributed by atoms with Crippen molar-refractivity contribution < 1.29 is 4.74 Å². The van der Waals surface area contributed by atoms with Crippen molar-refractivity contribution in [2.24, 2.45) is 5.73 Å². The molecule has 0 heterocycles. The highest BCUT2D eigenvalue weighted by molar-refractivity contribution is 4.98. The van der Waals surface area contributed by atoms with Crippen molar-refractivity contribution in [1.29, 1.82) is 0 Å². The van der Waals surface area contributed by atoms with E-state index < -0.39 is 0 Å². The van der Waals surface area contributed by atoms with Crippen LogP contribution in [0.4, 0.5) is 0 Å². The SMILES string of the molecule is CC#CCC(N)C(CC)OC. The molecule has 0 aromatic rings. The van der Waals surface area contributed by atoms with E-state index in [2.05, 4.69) is 18.8 Å². The summed E-state index contributed by atoms with van der Waals surface area (Å²) in [6.07, 6.45) is 1.82. The molecule has 0 saturated heterocycles. The second kappa shape index (κ2) is 6.21. The maximum atomic E-state index is 5.80. The van der Waals surface area contributed by atoms with E-state index in [0.29, 0.717) is 0 Å². The fourth-order valence-corrected chi connectivity index (χ4v) is 0.996. The highest BCUT2D eigenvalue weighted by Crippen LogP contribution is 2.03. The van der Waals surface area contributed by atoms with Crippen LogP contribution in [0.15, 0.2) is 0 Å². The molecule has 2 unspecified atom stereocenters. The Hall–Kier alpha value is -0.520. The van der Waals surface area contributed by atoms with Crippen molar-refractivity contribution in [2.75, 3.05) is 7.11 Å². The van der Waals surface area contributed by atoms with Crippen LogP contribution < -0.4 is 5.73 Å². The molecule has 2 N–H and O–H groups in total. The molecule has 64 valence electrons. The van der Waals surface area contributed by atoms with Crippen LogP contribution in [0.3, 0.4) is 0 Å². The molecule has 0 saturated carbocycles. The average Bonchev–Trinajstić information content (AvgIpc) is 2.03. The van der Waals surface area contributed by atoms with Gasteiger partial charge in [0.1, 0.15) is 0 Å². The van der Waals surface area contributed by atoms with Gasteiger partial charge in [0.2, 0.25) is 0 Å². The number of nitrogens with two attached hydrogens (primary N) is 1. The van der Waals surface area contributed by atoms with Crippen LogP contribution in [0, 0.1) is 11.8 Å². The van der Waals surface area contributed by atoms with Gasteiger partial charge in [-0.05, 0) is 13.3 Å². The van der Waals surface area contributed by atoms with Gasteiger partial charge in [-0.3, -0.25) is 0 Å². The topological polar surface area (TPSA) is 35.2 Å². The Morgan fingerprint density at radius 1 is 1.55 bits per heavy atom. The Kier molecular flexibility index (Phi) is 5.91. The molecular formula is C9H17NO. The molecule has 0 fully saturated rings. The van der Waals surface area contributed by atoms with E-state index in [1.54, 1.807) is 7.11 Å². The van der Waals surface area contributed by atoms with Crippen LogP contribution in [0.2, 0.25) is 0 Å². The van der Waals surface area contributed by atoms with Gasteiger partial charge in [-0.25, -0.2) is 0 Å². The molecule has 0 bridgehead atoms. The van der Waals surface area contributed by atoms with Crippen LogP contribution in [0.25, 0.3) is 0 Å². The van der Waals surface area contributed by atoms with Gasteiger partial charge in [-0.15, -0.1) is 11.8 Å². The zero-order chi connectivity index (χ0) is 8.69. The highest BCUT2D eigenvalue weighted by Gasteiger charge is 2.12. The van der Waals surface area contributed by atoms with Crippen molar-refractivity contribution in [2.45, 2.75) is 38.8 Å². The van der Waals surface area contributed by atoms with Crippen molar-refractivity contribution in [1.82, 2.24) is 0 Å². The van der Waals surface area contributed by atoms with Crippen LogP contribution in [-0.4, -0.2) is 19.3 Å². The minimum Gasteiger partial charge on any atom is -0.380 e. The lowest BCUT2D eigenvalue weighted by Crippen LogP contribution is -2.35. The summed E-state index contributed by atoms with van der Waals surface area (Å²) in [5, 5.41) is 0.